The predicted molar refractivity (Wildman–Crippen MR) is 119 cm³/mol. The van der Waals surface area contributed by atoms with Crippen molar-refractivity contribution in [2.45, 2.75) is 38.0 Å². The lowest BCUT2D eigenvalue weighted by Crippen LogP contribution is -2.04. The van der Waals surface area contributed by atoms with Crippen molar-refractivity contribution in [1.29, 1.82) is 0 Å². The maximum Gasteiger partial charge on any atom is 0.122 e. The number of rotatable bonds is 8. The molecule has 29 heavy (non-hydrogen) atoms. The normalized spacial score (nSPS) is 13.6. The van der Waals surface area contributed by atoms with E-state index < -0.39 is 0 Å². The summed E-state index contributed by atoms with van der Waals surface area (Å²) in [7, 11) is 1.75. The van der Waals surface area contributed by atoms with Crippen molar-refractivity contribution in [2.75, 3.05) is 13.7 Å². The number of halogens is 1. The molecular weight excluding hydrogens is 380 g/mol. The molecule has 1 atom stereocenters. The number of hydrogen-bond donors (Lipinski definition) is 0. The number of ether oxygens (including phenoxy) is 2. The number of benzene rings is 3. The third kappa shape index (κ3) is 4.76. The molecule has 1 aliphatic rings. The van der Waals surface area contributed by atoms with Gasteiger partial charge in [0.2, 0.25) is 0 Å². The first-order chi connectivity index (χ1) is 14.2. The Hall–Kier alpha value is -2.45. The fourth-order valence-electron chi connectivity index (χ4n) is 4.22. The highest BCUT2D eigenvalue weighted by molar-refractivity contribution is 6.30. The average Bonchev–Trinajstić information content (AvgIpc) is 3.23. The van der Waals surface area contributed by atoms with E-state index in [2.05, 4.69) is 42.5 Å². The minimum atomic E-state index is 0.303. The molecule has 0 bridgehead atoms. The molecule has 0 saturated carbocycles. The summed E-state index contributed by atoms with van der Waals surface area (Å²) in [6.45, 7) is 0.820. The highest BCUT2D eigenvalue weighted by atomic mass is 35.5. The fourth-order valence-corrected chi connectivity index (χ4v) is 4.35. The van der Waals surface area contributed by atoms with Crippen LogP contribution in [0.4, 0.5) is 0 Å². The quantitative estimate of drug-likeness (QED) is 0.382. The Kier molecular flexibility index (Phi) is 6.41. The van der Waals surface area contributed by atoms with Crippen LogP contribution in [0.1, 0.15) is 47.4 Å². The molecule has 4 rings (SSSR count). The second-order valence-corrected chi connectivity index (χ2v) is 8.07. The average molecular weight is 407 g/mol. The molecule has 3 aromatic carbocycles. The highest BCUT2D eigenvalue weighted by Crippen LogP contribution is 2.36. The smallest absolute Gasteiger partial charge is 0.122 e. The molecule has 3 heteroatoms. The van der Waals surface area contributed by atoms with Crippen LogP contribution in [0.15, 0.2) is 66.7 Å². The third-order valence-electron chi connectivity index (χ3n) is 5.75. The van der Waals surface area contributed by atoms with E-state index in [1.54, 1.807) is 7.11 Å². The molecule has 0 N–H and O–H groups in total. The molecule has 0 spiro atoms. The van der Waals surface area contributed by atoms with Crippen molar-refractivity contribution in [2.24, 2.45) is 0 Å². The van der Waals surface area contributed by atoms with Crippen molar-refractivity contribution in [3.8, 4) is 11.5 Å². The molecule has 1 heterocycles. The summed E-state index contributed by atoms with van der Waals surface area (Å²) in [5.41, 5.74) is 5.30. The van der Waals surface area contributed by atoms with Crippen molar-refractivity contribution in [3.05, 3.63) is 94.0 Å². The van der Waals surface area contributed by atoms with Crippen LogP contribution < -0.4 is 9.47 Å². The van der Waals surface area contributed by atoms with Crippen LogP contribution in [-0.2, 0) is 12.8 Å². The molecule has 0 amide bonds. The summed E-state index contributed by atoms with van der Waals surface area (Å²) in [6, 6.07) is 23.2. The van der Waals surface area contributed by atoms with Crippen LogP contribution in [0.3, 0.4) is 0 Å². The SMILES string of the molecule is COc1ccccc1C(CCCCc1ccc2c(c1)CCO2)c1ccc(Cl)cc1. The third-order valence-corrected chi connectivity index (χ3v) is 6.00. The van der Waals surface area contributed by atoms with Crippen LogP contribution in [0, 0.1) is 0 Å². The topological polar surface area (TPSA) is 18.5 Å². The van der Waals surface area contributed by atoms with Gasteiger partial charge < -0.3 is 9.47 Å². The van der Waals surface area contributed by atoms with E-state index in [-0.39, 0.29) is 0 Å². The standard InChI is InChI=1S/C26H27ClO2/c1-28-26-9-5-4-8-24(26)23(20-11-13-22(27)14-12-20)7-3-2-6-19-10-15-25-21(18-19)16-17-29-25/h4-5,8-15,18,23H,2-3,6-7,16-17H2,1H3. The van der Waals surface area contributed by atoms with Gasteiger partial charge in [-0.3, -0.25) is 0 Å². The number of aryl methyl sites for hydroxylation is 1. The van der Waals surface area contributed by atoms with E-state index >= 15 is 0 Å². The Morgan fingerprint density at radius 2 is 1.83 bits per heavy atom. The Bertz CT molecular complexity index is 949. The van der Waals surface area contributed by atoms with E-state index in [4.69, 9.17) is 21.1 Å². The van der Waals surface area contributed by atoms with Crippen LogP contribution in [0.25, 0.3) is 0 Å². The zero-order valence-corrected chi connectivity index (χ0v) is 17.6. The fraction of sp³-hybridized carbons (Fsp3) is 0.308. The summed E-state index contributed by atoms with van der Waals surface area (Å²) < 4.78 is 11.3. The molecule has 0 aliphatic carbocycles. The van der Waals surface area contributed by atoms with Gasteiger partial charge in [-0.05, 0) is 60.2 Å². The summed E-state index contributed by atoms with van der Waals surface area (Å²) >= 11 is 6.12. The van der Waals surface area contributed by atoms with Gasteiger partial charge in [-0.15, -0.1) is 0 Å². The lowest BCUT2D eigenvalue weighted by molar-refractivity contribution is 0.357. The highest BCUT2D eigenvalue weighted by Gasteiger charge is 2.18. The Morgan fingerprint density at radius 3 is 2.66 bits per heavy atom. The van der Waals surface area contributed by atoms with Gasteiger partial charge in [0, 0.05) is 22.9 Å². The van der Waals surface area contributed by atoms with E-state index in [1.165, 1.54) is 28.7 Å². The summed E-state index contributed by atoms with van der Waals surface area (Å²) in [5, 5.41) is 0.771. The number of hydrogen-bond acceptors (Lipinski definition) is 2. The van der Waals surface area contributed by atoms with Crippen molar-refractivity contribution in [3.63, 3.8) is 0 Å². The molecule has 1 unspecified atom stereocenters. The number of para-hydroxylation sites is 1. The van der Waals surface area contributed by atoms with Gasteiger partial charge in [0.25, 0.3) is 0 Å². The van der Waals surface area contributed by atoms with Gasteiger partial charge in [-0.25, -0.2) is 0 Å². The van der Waals surface area contributed by atoms with Crippen LogP contribution in [0.5, 0.6) is 11.5 Å². The van der Waals surface area contributed by atoms with Gasteiger partial charge in [-0.1, -0.05) is 60.5 Å². The Balaban J connectivity index is 1.45. The molecule has 0 fully saturated rings. The monoisotopic (exact) mass is 406 g/mol. The number of fused-ring (bicyclic) bond motifs is 1. The largest absolute Gasteiger partial charge is 0.496 e. The van der Waals surface area contributed by atoms with Crippen molar-refractivity contribution in [1.82, 2.24) is 0 Å². The van der Waals surface area contributed by atoms with E-state index in [1.807, 2.05) is 24.3 Å². The van der Waals surface area contributed by atoms with Gasteiger partial charge in [0.15, 0.2) is 0 Å². The zero-order chi connectivity index (χ0) is 20.1. The lowest BCUT2D eigenvalue weighted by atomic mass is 9.86. The first kappa shape index (κ1) is 19.8. The van der Waals surface area contributed by atoms with Crippen LogP contribution in [-0.4, -0.2) is 13.7 Å². The Labute approximate surface area is 178 Å². The van der Waals surface area contributed by atoms with Gasteiger partial charge in [0.1, 0.15) is 11.5 Å². The zero-order valence-electron chi connectivity index (χ0n) is 16.9. The molecule has 2 nitrogen and oxygen atoms in total. The van der Waals surface area contributed by atoms with E-state index in [0.29, 0.717) is 5.92 Å². The van der Waals surface area contributed by atoms with Gasteiger partial charge >= 0.3 is 0 Å². The maximum atomic E-state index is 6.12. The maximum absolute atomic E-state index is 6.12. The van der Waals surface area contributed by atoms with Gasteiger partial charge in [0.05, 0.1) is 13.7 Å². The molecule has 3 aromatic rings. The second-order valence-electron chi connectivity index (χ2n) is 7.63. The van der Waals surface area contributed by atoms with E-state index in [9.17, 15) is 0 Å². The minimum Gasteiger partial charge on any atom is -0.496 e. The molecule has 0 saturated heterocycles. The summed E-state index contributed by atoms with van der Waals surface area (Å²) in [5.74, 6) is 2.32. The second kappa shape index (κ2) is 9.37. The number of unbranched alkanes of at least 4 members (excludes halogenated alkanes) is 1. The molecule has 1 aliphatic heterocycles. The van der Waals surface area contributed by atoms with Crippen molar-refractivity contribution < 1.29 is 9.47 Å². The van der Waals surface area contributed by atoms with Crippen LogP contribution >= 0.6 is 11.6 Å². The minimum absolute atomic E-state index is 0.303. The molecule has 0 radical (unpaired) electrons. The summed E-state index contributed by atoms with van der Waals surface area (Å²) in [4.78, 5) is 0. The first-order valence-electron chi connectivity index (χ1n) is 10.4. The van der Waals surface area contributed by atoms with E-state index in [0.717, 1.165) is 48.8 Å². The number of methoxy groups -OCH3 is 1. The van der Waals surface area contributed by atoms with Crippen LogP contribution in [0.2, 0.25) is 5.02 Å². The van der Waals surface area contributed by atoms with Crippen molar-refractivity contribution >= 4 is 11.6 Å². The lowest BCUT2D eigenvalue weighted by Gasteiger charge is -2.21. The molecular formula is C26H27ClO2. The molecule has 150 valence electrons. The first-order valence-corrected chi connectivity index (χ1v) is 10.8. The predicted octanol–water partition coefficient (Wildman–Crippen LogP) is 6.83. The molecule has 0 aromatic heterocycles. The Morgan fingerprint density at radius 1 is 1.00 bits per heavy atom. The summed E-state index contributed by atoms with van der Waals surface area (Å²) in [6.07, 6.45) is 5.54. The van der Waals surface area contributed by atoms with Gasteiger partial charge in [-0.2, -0.15) is 0 Å².